The van der Waals surface area contributed by atoms with Gasteiger partial charge in [0.15, 0.2) is 0 Å². The van der Waals surface area contributed by atoms with E-state index in [1.54, 1.807) is 12.1 Å². The maximum Gasteiger partial charge on any atom is 0.317 e. The normalized spacial score (nSPS) is 26.4. The molecule has 3 atom stereocenters. The van der Waals surface area contributed by atoms with Crippen molar-refractivity contribution >= 4 is 12.1 Å². The molecule has 1 aromatic heterocycles. The van der Waals surface area contributed by atoms with Gasteiger partial charge in [0.1, 0.15) is 5.82 Å². The van der Waals surface area contributed by atoms with Gasteiger partial charge in [0.25, 0.3) is 0 Å². The number of hydrogen-bond donors (Lipinski definition) is 2. The molecule has 1 saturated carbocycles. The van der Waals surface area contributed by atoms with Crippen molar-refractivity contribution in [3.8, 4) is 5.69 Å². The first-order valence-corrected chi connectivity index (χ1v) is 13.0. The van der Waals surface area contributed by atoms with E-state index < -0.39 is 0 Å². The highest BCUT2D eigenvalue weighted by Gasteiger charge is 2.54. The first kappa shape index (κ1) is 21.8. The Labute approximate surface area is 210 Å². The van der Waals surface area contributed by atoms with Crippen molar-refractivity contribution in [3.05, 3.63) is 88.5 Å². The number of urea groups is 1. The van der Waals surface area contributed by atoms with E-state index in [0.29, 0.717) is 5.92 Å². The fraction of sp³-hybridized carbons (Fsp3) is 0.379. The zero-order valence-electron chi connectivity index (χ0n) is 20.2. The number of allylic oxidation sites excluding steroid dienone is 1. The van der Waals surface area contributed by atoms with Gasteiger partial charge in [0.2, 0.25) is 0 Å². The number of amides is 2. The molecule has 7 rings (SSSR count). The van der Waals surface area contributed by atoms with Gasteiger partial charge < -0.3 is 15.5 Å². The van der Waals surface area contributed by atoms with Gasteiger partial charge in [-0.25, -0.2) is 13.9 Å². The molecule has 2 aromatic carbocycles. The lowest BCUT2D eigenvalue weighted by molar-refractivity contribution is 0.179. The largest absolute Gasteiger partial charge is 0.331 e. The number of halogens is 1. The predicted molar refractivity (Wildman–Crippen MR) is 136 cm³/mol. The number of nitrogens with zero attached hydrogens (tertiary/aromatic N) is 3. The van der Waals surface area contributed by atoms with Crippen LogP contribution < -0.4 is 10.6 Å². The molecule has 3 aromatic rings. The van der Waals surface area contributed by atoms with Crippen LogP contribution in [0.25, 0.3) is 11.8 Å². The zero-order chi connectivity index (χ0) is 24.3. The molecule has 4 aliphatic rings. The highest BCUT2D eigenvalue weighted by Crippen LogP contribution is 2.60. The van der Waals surface area contributed by atoms with Gasteiger partial charge >= 0.3 is 6.03 Å². The average Bonchev–Trinajstić information content (AvgIpc) is 3.49. The van der Waals surface area contributed by atoms with Gasteiger partial charge in [-0.15, -0.1) is 0 Å². The van der Waals surface area contributed by atoms with Crippen molar-refractivity contribution in [1.29, 1.82) is 0 Å². The zero-order valence-corrected chi connectivity index (χ0v) is 20.2. The molecule has 1 saturated heterocycles. The standard InChI is InChI=1S/C29H30FN5O/c30-22-7-9-23(10-8-22)35-27-16-21-6-5-20-15-26(33-28(36)34-13-11-31-12-14-34)24-3-1-2-4-25(24)29(20,21)17-19(27)18-32-35/h1-4,7-10,16,18,20,26,31H,5-6,11-15,17H2,(H,33,36)/t20-,26?,29+/m1/s1. The number of fused-ring (bicyclic) bond motifs is 2. The molecule has 1 aliphatic heterocycles. The van der Waals surface area contributed by atoms with E-state index in [9.17, 15) is 9.18 Å². The first-order valence-electron chi connectivity index (χ1n) is 13.0. The number of benzene rings is 2. The third-order valence-corrected chi connectivity index (χ3v) is 8.81. The third-order valence-electron chi connectivity index (χ3n) is 8.81. The number of nitrogens with one attached hydrogen (secondary N) is 2. The second-order valence-corrected chi connectivity index (χ2v) is 10.6. The second-order valence-electron chi connectivity index (χ2n) is 10.6. The highest BCUT2D eigenvalue weighted by atomic mass is 19.1. The van der Waals surface area contributed by atoms with Gasteiger partial charge in [-0.1, -0.05) is 29.8 Å². The summed E-state index contributed by atoms with van der Waals surface area (Å²) in [5.74, 6) is 0.224. The molecule has 2 amide bonds. The van der Waals surface area contributed by atoms with E-state index in [1.807, 2.05) is 15.8 Å². The van der Waals surface area contributed by atoms with Crippen LogP contribution in [-0.2, 0) is 11.8 Å². The van der Waals surface area contributed by atoms with Crippen LogP contribution in [0.4, 0.5) is 9.18 Å². The Morgan fingerprint density at radius 1 is 1.11 bits per heavy atom. The summed E-state index contributed by atoms with van der Waals surface area (Å²) in [6, 6.07) is 15.3. The average molecular weight is 484 g/mol. The number of piperazine rings is 1. The molecule has 2 N–H and O–H groups in total. The molecular weight excluding hydrogens is 453 g/mol. The van der Waals surface area contributed by atoms with Crippen molar-refractivity contribution in [2.24, 2.45) is 5.92 Å². The summed E-state index contributed by atoms with van der Waals surface area (Å²) < 4.78 is 15.4. The Bertz CT molecular complexity index is 1360. The number of rotatable bonds is 2. The lowest BCUT2D eigenvalue weighted by atomic mass is 9.58. The van der Waals surface area contributed by atoms with E-state index in [1.165, 1.54) is 34.4 Å². The molecule has 184 valence electrons. The Morgan fingerprint density at radius 3 is 2.75 bits per heavy atom. The summed E-state index contributed by atoms with van der Waals surface area (Å²) in [4.78, 5) is 15.0. The molecular formula is C29H30FN5O. The van der Waals surface area contributed by atoms with E-state index in [4.69, 9.17) is 5.10 Å². The minimum absolute atomic E-state index is 0.0295. The van der Waals surface area contributed by atoms with Crippen LogP contribution in [0, 0.1) is 11.7 Å². The Balaban J connectivity index is 1.25. The first-order chi connectivity index (χ1) is 17.6. The van der Waals surface area contributed by atoms with Gasteiger partial charge in [-0.05, 0) is 78.6 Å². The Hall–Kier alpha value is -3.45. The van der Waals surface area contributed by atoms with Crippen LogP contribution in [0.15, 0.2) is 60.3 Å². The Morgan fingerprint density at radius 2 is 1.92 bits per heavy atom. The molecule has 2 heterocycles. The fourth-order valence-electron chi connectivity index (χ4n) is 7.13. The van der Waals surface area contributed by atoms with Gasteiger partial charge in [0, 0.05) is 31.6 Å². The number of hydrogen-bond acceptors (Lipinski definition) is 3. The molecule has 2 fully saturated rings. The van der Waals surface area contributed by atoms with Crippen LogP contribution in [-0.4, -0.2) is 46.9 Å². The molecule has 6 nitrogen and oxygen atoms in total. The molecule has 0 radical (unpaired) electrons. The van der Waals surface area contributed by atoms with Gasteiger partial charge in [-0.3, -0.25) is 0 Å². The second kappa shape index (κ2) is 8.30. The quantitative estimate of drug-likeness (QED) is 0.570. The summed E-state index contributed by atoms with van der Waals surface area (Å²) in [5, 5.41) is 11.4. The van der Waals surface area contributed by atoms with Crippen LogP contribution in [0.1, 0.15) is 47.7 Å². The number of carbonyl (C=O) groups is 1. The van der Waals surface area contributed by atoms with E-state index in [-0.39, 0.29) is 23.3 Å². The van der Waals surface area contributed by atoms with E-state index in [0.717, 1.165) is 63.2 Å². The summed E-state index contributed by atoms with van der Waals surface area (Å²) in [6.45, 7) is 3.20. The molecule has 0 bridgehead atoms. The summed E-state index contributed by atoms with van der Waals surface area (Å²) >= 11 is 0. The van der Waals surface area contributed by atoms with Crippen molar-refractivity contribution in [3.63, 3.8) is 0 Å². The summed E-state index contributed by atoms with van der Waals surface area (Å²) in [5.41, 5.74) is 7.23. The summed E-state index contributed by atoms with van der Waals surface area (Å²) in [6.07, 6.45) is 8.35. The van der Waals surface area contributed by atoms with E-state index in [2.05, 4.69) is 41.0 Å². The van der Waals surface area contributed by atoms with Crippen molar-refractivity contribution in [1.82, 2.24) is 25.3 Å². The molecule has 1 unspecified atom stereocenters. The third kappa shape index (κ3) is 3.25. The fourth-order valence-corrected chi connectivity index (χ4v) is 7.13. The smallest absolute Gasteiger partial charge is 0.317 e. The van der Waals surface area contributed by atoms with Gasteiger partial charge in [0.05, 0.1) is 23.6 Å². The lowest BCUT2D eigenvalue weighted by Gasteiger charge is -2.47. The lowest BCUT2D eigenvalue weighted by Crippen LogP contribution is -2.52. The maximum absolute atomic E-state index is 13.5. The van der Waals surface area contributed by atoms with Crippen molar-refractivity contribution in [2.45, 2.75) is 37.1 Å². The number of carbonyl (C=O) groups excluding carboxylic acids is 1. The number of aromatic nitrogens is 2. The summed E-state index contributed by atoms with van der Waals surface area (Å²) in [7, 11) is 0. The molecule has 36 heavy (non-hydrogen) atoms. The minimum Gasteiger partial charge on any atom is -0.331 e. The van der Waals surface area contributed by atoms with Crippen LogP contribution in [0.2, 0.25) is 0 Å². The van der Waals surface area contributed by atoms with Crippen LogP contribution in [0.5, 0.6) is 0 Å². The van der Waals surface area contributed by atoms with Crippen LogP contribution >= 0.6 is 0 Å². The minimum atomic E-state index is -0.242. The molecule has 3 aliphatic carbocycles. The molecule has 7 heteroatoms. The topological polar surface area (TPSA) is 62.2 Å². The van der Waals surface area contributed by atoms with Crippen molar-refractivity contribution < 1.29 is 9.18 Å². The monoisotopic (exact) mass is 483 g/mol. The van der Waals surface area contributed by atoms with Crippen LogP contribution in [0.3, 0.4) is 0 Å². The van der Waals surface area contributed by atoms with E-state index >= 15 is 0 Å². The van der Waals surface area contributed by atoms with Crippen molar-refractivity contribution in [2.75, 3.05) is 26.2 Å². The Kier molecular flexibility index (Phi) is 5.03. The van der Waals surface area contributed by atoms with Gasteiger partial charge in [-0.2, -0.15) is 5.10 Å². The predicted octanol–water partition coefficient (Wildman–Crippen LogP) is 4.36. The SMILES string of the molecule is O=C(NC1C[C@H]2CCC3=Cc4c(cnn4-c4ccc(F)cc4)C[C@@]32c2ccccc21)N1CCNCC1. The molecule has 1 spiro atoms. The maximum atomic E-state index is 13.5. The highest BCUT2D eigenvalue weighted by molar-refractivity contribution is 5.75.